The van der Waals surface area contributed by atoms with Crippen LogP contribution in [0.5, 0.6) is 0 Å². The van der Waals surface area contributed by atoms with Crippen molar-refractivity contribution >= 4 is 25.7 Å². The quantitative estimate of drug-likeness (QED) is 0.343. The lowest BCUT2D eigenvalue weighted by molar-refractivity contribution is -0.140. The van der Waals surface area contributed by atoms with E-state index in [4.69, 9.17) is 0 Å². The van der Waals surface area contributed by atoms with E-state index in [-0.39, 0.29) is 18.4 Å². The Hall–Kier alpha value is -3.18. The SMILES string of the molecule is CPc1ccc(CCC(=O)N2CCC(Cc3ccccc3)(C(=O)NCc3cccc(C(F)(F)F)c3)CC2)cc1. The number of carbonyl (C=O) groups excluding carboxylic acids is 2. The number of piperidine rings is 1. The van der Waals surface area contributed by atoms with Gasteiger partial charge in [-0.2, -0.15) is 13.2 Å². The van der Waals surface area contributed by atoms with Crippen LogP contribution >= 0.6 is 8.58 Å². The van der Waals surface area contributed by atoms with Crippen LogP contribution in [-0.2, 0) is 35.2 Å². The van der Waals surface area contributed by atoms with Gasteiger partial charge >= 0.3 is 6.18 Å². The average Bonchev–Trinajstić information content (AvgIpc) is 2.95. The minimum Gasteiger partial charge on any atom is -0.352 e. The number of hydrogen-bond acceptors (Lipinski definition) is 2. The first-order valence-corrected chi connectivity index (χ1v) is 14.7. The first kappa shape index (κ1) is 28.8. The van der Waals surface area contributed by atoms with E-state index in [0.717, 1.165) is 31.8 Å². The van der Waals surface area contributed by atoms with Gasteiger partial charge in [-0.15, -0.1) is 0 Å². The smallest absolute Gasteiger partial charge is 0.352 e. The zero-order valence-corrected chi connectivity index (χ0v) is 23.1. The van der Waals surface area contributed by atoms with Gasteiger partial charge in [0.1, 0.15) is 0 Å². The normalized spacial score (nSPS) is 15.4. The topological polar surface area (TPSA) is 49.4 Å². The van der Waals surface area contributed by atoms with Crippen LogP contribution in [0.2, 0.25) is 0 Å². The van der Waals surface area contributed by atoms with Crippen molar-refractivity contribution < 1.29 is 22.8 Å². The molecular formula is C31H34F3N2O2P. The van der Waals surface area contributed by atoms with Crippen molar-refractivity contribution in [1.29, 1.82) is 0 Å². The van der Waals surface area contributed by atoms with Crippen molar-refractivity contribution in [2.45, 2.75) is 44.8 Å². The van der Waals surface area contributed by atoms with E-state index < -0.39 is 17.2 Å². The molecule has 3 aromatic carbocycles. The number of nitrogens with zero attached hydrogens (tertiary/aromatic N) is 1. The summed E-state index contributed by atoms with van der Waals surface area (Å²) in [6.07, 6.45) is -1.85. The Kier molecular flexibility index (Phi) is 9.45. The Balaban J connectivity index is 1.40. The molecule has 1 heterocycles. The minimum absolute atomic E-state index is 0.0132. The molecule has 8 heteroatoms. The average molecular weight is 555 g/mol. The number of benzene rings is 3. The number of halogens is 3. The number of aryl methyl sites for hydroxylation is 1. The Morgan fingerprint density at radius 3 is 2.21 bits per heavy atom. The Bertz CT molecular complexity index is 1250. The Morgan fingerprint density at radius 2 is 1.56 bits per heavy atom. The molecule has 0 aliphatic carbocycles. The second kappa shape index (κ2) is 12.8. The van der Waals surface area contributed by atoms with Gasteiger partial charge in [0.2, 0.25) is 11.8 Å². The fourth-order valence-electron chi connectivity index (χ4n) is 5.13. The summed E-state index contributed by atoms with van der Waals surface area (Å²) < 4.78 is 39.4. The first-order chi connectivity index (χ1) is 18.7. The van der Waals surface area contributed by atoms with Gasteiger partial charge in [0.25, 0.3) is 0 Å². The largest absolute Gasteiger partial charge is 0.416 e. The van der Waals surface area contributed by atoms with Crippen LogP contribution in [0.4, 0.5) is 13.2 Å². The summed E-state index contributed by atoms with van der Waals surface area (Å²) in [6, 6.07) is 23.1. The molecular weight excluding hydrogens is 520 g/mol. The van der Waals surface area contributed by atoms with E-state index >= 15 is 0 Å². The molecule has 0 bridgehead atoms. The minimum atomic E-state index is -4.44. The molecule has 1 unspecified atom stereocenters. The lowest BCUT2D eigenvalue weighted by atomic mass is 9.72. The maximum Gasteiger partial charge on any atom is 0.416 e. The molecule has 1 saturated heterocycles. The standard InChI is InChI=1S/C31H34F3N2O2P/c1-39-27-13-10-23(11-14-27)12-15-28(37)36-18-16-30(17-19-36,21-24-6-3-2-4-7-24)29(38)35-22-25-8-5-9-26(20-25)31(32,33)34/h2-11,13-14,20,39H,12,15-19,21-22H2,1H3,(H,35,38). The van der Waals surface area contributed by atoms with Gasteiger partial charge in [-0.3, -0.25) is 9.59 Å². The van der Waals surface area contributed by atoms with Crippen molar-refractivity contribution in [1.82, 2.24) is 10.2 Å². The van der Waals surface area contributed by atoms with Gasteiger partial charge in [-0.1, -0.05) is 75.3 Å². The van der Waals surface area contributed by atoms with Crippen LogP contribution < -0.4 is 10.6 Å². The number of hydrogen-bond donors (Lipinski definition) is 1. The summed E-state index contributed by atoms with van der Waals surface area (Å²) in [4.78, 5) is 28.4. The third-order valence-electron chi connectivity index (χ3n) is 7.52. The van der Waals surface area contributed by atoms with E-state index in [9.17, 15) is 22.8 Å². The number of nitrogens with one attached hydrogen (secondary N) is 1. The van der Waals surface area contributed by atoms with E-state index in [1.807, 2.05) is 35.2 Å². The summed E-state index contributed by atoms with van der Waals surface area (Å²) >= 11 is 0. The van der Waals surface area contributed by atoms with Crippen LogP contribution in [0.1, 0.15) is 41.5 Å². The van der Waals surface area contributed by atoms with Crippen LogP contribution in [0, 0.1) is 5.41 Å². The predicted octanol–water partition coefficient (Wildman–Crippen LogP) is 5.74. The summed E-state index contributed by atoms with van der Waals surface area (Å²) in [5.74, 6) is -0.110. The van der Waals surface area contributed by atoms with Crippen molar-refractivity contribution in [3.8, 4) is 0 Å². The maximum atomic E-state index is 13.6. The van der Waals surface area contributed by atoms with Gasteiger partial charge in [0, 0.05) is 26.1 Å². The fourth-order valence-corrected chi connectivity index (χ4v) is 5.63. The number of alkyl halides is 3. The van der Waals surface area contributed by atoms with E-state index in [1.165, 1.54) is 11.4 Å². The predicted molar refractivity (Wildman–Crippen MR) is 150 cm³/mol. The lowest BCUT2D eigenvalue weighted by Crippen LogP contribution is -2.51. The lowest BCUT2D eigenvalue weighted by Gasteiger charge is -2.41. The molecule has 0 radical (unpaired) electrons. The molecule has 1 N–H and O–H groups in total. The van der Waals surface area contributed by atoms with Crippen LogP contribution in [0.3, 0.4) is 0 Å². The van der Waals surface area contributed by atoms with Gasteiger partial charge < -0.3 is 10.2 Å². The molecule has 206 valence electrons. The van der Waals surface area contributed by atoms with E-state index in [1.54, 1.807) is 6.07 Å². The van der Waals surface area contributed by atoms with Gasteiger partial charge in [-0.05, 0) is 66.5 Å². The van der Waals surface area contributed by atoms with Crippen molar-refractivity contribution in [3.63, 3.8) is 0 Å². The van der Waals surface area contributed by atoms with Gasteiger partial charge in [0.05, 0.1) is 11.0 Å². The Morgan fingerprint density at radius 1 is 0.897 bits per heavy atom. The van der Waals surface area contributed by atoms with Crippen molar-refractivity contribution in [3.05, 3.63) is 101 Å². The number of likely N-dealkylation sites (tertiary alicyclic amines) is 1. The van der Waals surface area contributed by atoms with E-state index in [2.05, 4.69) is 36.2 Å². The highest BCUT2D eigenvalue weighted by atomic mass is 31.1. The molecule has 0 aromatic heterocycles. The molecule has 3 aromatic rings. The summed E-state index contributed by atoms with van der Waals surface area (Å²) in [7, 11) is 0.744. The molecule has 4 nitrogen and oxygen atoms in total. The summed E-state index contributed by atoms with van der Waals surface area (Å²) in [5, 5.41) is 4.19. The molecule has 1 atom stereocenters. The number of carbonyl (C=O) groups is 2. The zero-order valence-electron chi connectivity index (χ0n) is 22.1. The summed E-state index contributed by atoms with van der Waals surface area (Å²) in [6.45, 7) is 3.09. The van der Waals surface area contributed by atoms with E-state index in [0.29, 0.717) is 50.8 Å². The molecule has 0 spiro atoms. The summed E-state index contributed by atoms with van der Waals surface area (Å²) in [5.41, 5.74) is 1.07. The second-order valence-corrected chi connectivity index (χ2v) is 11.2. The van der Waals surface area contributed by atoms with Crippen LogP contribution in [0.25, 0.3) is 0 Å². The van der Waals surface area contributed by atoms with Gasteiger partial charge in [-0.25, -0.2) is 0 Å². The van der Waals surface area contributed by atoms with Crippen LogP contribution in [-0.4, -0.2) is 36.5 Å². The zero-order chi connectivity index (χ0) is 27.9. The molecule has 39 heavy (non-hydrogen) atoms. The highest BCUT2D eigenvalue weighted by Crippen LogP contribution is 2.36. The third kappa shape index (κ3) is 7.69. The maximum absolute atomic E-state index is 13.6. The van der Waals surface area contributed by atoms with Gasteiger partial charge in [0.15, 0.2) is 0 Å². The van der Waals surface area contributed by atoms with Crippen molar-refractivity contribution in [2.24, 2.45) is 5.41 Å². The van der Waals surface area contributed by atoms with Crippen molar-refractivity contribution in [2.75, 3.05) is 19.8 Å². The first-order valence-electron chi connectivity index (χ1n) is 13.2. The Labute approximate surface area is 229 Å². The molecule has 1 fully saturated rings. The fraction of sp³-hybridized carbons (Fsp3) is 0.355. The third-order valence-corrected chi connectivity index (χ3v) is 8.43. The number of rotatable bonds is 9. The molecule has 1 aliphatic heterocycles. The second-order valence-electron chi connectivity index (χ2n) is 10.2. The molecule has 4 rings (SSSR count). The molecule has 1 aliphatic rings. The van der Waals surface area contributed by atoms with Crippen LogP contribution in [0.15, 0.2) is 78.9 Å². The molecule has 2 amide bonds. The molecule has 0 saturated carbocycles. The highest BCUT2D eigenvalue weighted by molar-refractivity contribution is 7.46. The monoisotopic (exact) mass is 554 g/mol. The number of amides is 2. The highest BCUT2D eigenvalue weighted by Gasteiger charge is 2.42.